The van der Waals surface area contributed by atoms with Crippen LogP contribution in [0.1, 0.15) is 0 Å². The Morgan fingerprint density at radius 2 is 0.661 bits per heavy atom. The molecule has 12 aromatic rings. The highest BCUT2D eigenvalue weighted by Gasteiger charge is 2.21. The molecule has 0 unspecified atom stereocenters. The molecular weight excluding hydrogens is 749 g/mol. The third-order valence-electron chi connectivity index (χ3n) is 12.5. The molecule has 290 valence electrons. The van der Waals surface area contributed by atoms with Gasteiger partial charge in [0.2, 0.25) is 0 Å². The summed E-state index contributed by atoms with van der Waals surface area (Å²) in [5.74, 6) is 0. The van der Waals surface area contributed by atoms with Crippen LogP contribution in [-0.2, 0) is 0 Å². The second kappa shape index (κ2) is 14.8. The fourth-order valence-electron chi connectivity index (χ4n) is 9.76. The second-order valence-electron chi connectivity index (χ2n) is 16.1. The van der Waals surface area contributed by atoms with Crippen LogP contribution in [0.25, 0.3) is 111 Å². The van der Waals surface area contributed by atoms with Gasteiger partial charge in [0.15, 0.2) is 0 Å². The Morgan fingerprint density at radius 3 is 1.29 bits per heavy atom. The van der Waals surface area contributed by atoms with Crippen molar-refractivity contribution in [2.75, 3.05) is 0 Å². The largest absolute Gasteiger partial charge is 0.309 e. The molecule has 10 aromatic carbocycles. The minimum atomic E-state index is 1.12. The summed E-state index contributed by atoms with van der Waals surface area (Å²) in [6, 6.07) is 88.5. The van der Waals surface area contributed by atoms with Gasteiger partial charge in [-0.3, -0.25) is 0 Å². The van der Waals surface area contributed by atoms with Gasteiger partial charge in [-0.1, -0.05) is 182 Å². The van der Waals surface area contributed by atoms with E-state index in [0.29, 0.717) is 0 Å². The molecule has 2 heterocycles. The normalized spacial score (nSPS) is 11.5. The van der Waals surface area contributed by atoms with Crippen molar-refractivity contribution in [3.63, 3.8) is 0 Å². The average molecular weight is 789 g/mol. The van der Waals surface area contributed by atoms with Crippen molar-refractivity contribution in [2.45, 2.75) is 0 Å². The van der Waals surface area contributed by atoms with Crippen molar-refractivity contribution < 1.29 is 0 Å². The van der Waals surface area contributed by atoms with E-state index < -0.39 is 0 Å². The Hall–Kier alpha value is -8.20. The van der Waals surface area contributed by atoms with E-state index in [0.717, 1.165) is 22.5 Å². The molecule has 0 aliphatic rings. The number of rotatable bonds is 7. The highest BCUT2D eigenvalue weighted by Crippen LogP contribution is 2.46. The molecule has 0 N–H and O–H groups in total. The number of para-hydroxylation sites is 3. The molecule has 0 saturated heterocycles. The number of hydrogen-bond acceptors (Lipinski definition) is 0. The van der Waals surface area contributed by atoms with Crippen LogP contribution in [0.2, 0.25) is 0 Å². The van der Waals surface area contributed by atoms with Crippen LogP contribution < -0.4 is 0 Å². The first-order valence-corrected chi connectivity index (χ1v) is 21.3. The summed E-state index contributed by atoms with van der Waals surface area (Å²) < 4.78 is 4.87. The van der Waals surface area contributed by atoms with Crippen LogP contribution in [0.5, 0.6) is 0 Å². The smallest absolute Gasteiger partial charge is 0.0562 e. The van der Waals surface area contributed by atoms with Crippen LogP contribution >= 0.6 is 0 Å². The quantitative estimate of drug-likeness (QED) is 0.152. The van der Waals surface area contributed by atoms with Crippen molar-refractivity contribution >= 4 is 43.6 Å². The van der Waals surface area contributed by atoms with Gasteiger partial charge in [-0.2, -0.15) is 0 Å². The van der Waals surface area contributed by atoms with Crippen molar-refractivity contribution in [1.29, 1.82) is 0 Å². The summed E-state index contributed by atoms with van der Waals surface area (Å²) in [5.41, 5.74) is 19.0. The molecule has 2 nitrogen and oxygen atoms in total. The number of fused-ring (bicyclic) bond motifs is 6. The highest BCUT2D eigenvalue weighted by molar-refractivity contribution is 6.19. The van der Waals surface area contributed by atoms with Gasteiger partial charge >= 0.3 is 0 Å². The molecule has 0 saturated carbocycles. The van der Waals surface area contributed by atoms with Gasteiger partial charge in [0.05, 0.1) is 22.1 Å². The van der Waals surface area contributed by atoms with Gasteiger partial charge in [-0.25, -0.2) is 0 Å². The summed E-state index contributed by atoms with van der Waals surface area (Å²) in [5, 5.41) is 4.99. The first kappa shape index (κ1) is 35.7. The third-order valence-corrected chi connectivity index (χ3v) is 12.5. The zero-order chi connectivity index (χ0) is 41.0. The van der Waals surface area contributed by atoms with Crippen molar-refractivity contribution in [3.05, 3.63) is 243 Å². The Bertz CT molecular complexity index is 3600. The van der Waals surface area contributed by atoms with Crippen LogP contribution in [0.15, 0.2) is 243 Å². The molecule has 0 bridgehead atoms. The summed E-state index contributed by atoms with van der Waals surface area (Å²) in [7, 11) is 0. The maximum atomic E-state index is 2.46. The molecule has 0 radical (unpaired) electrons. The third kappa shape index (κ3) is 5.88. The zero-order valence-electron chi connectivity index (χ0n) is 34.0. The second-order valence-corrected chi connectivity index (χ2v) is 16.1. The number of hydrogen-bond donors (Lipinski definition) is 0. The lowest BCUT2D eigenvalue weighted by atomic mass is 9.82. The molecule has 62 heavy (non-hydrogen) atoms. The van der Waals surface area contributed by atoms with Crippen LogP contribution in [-0.4, -0.2) is 9.13 Å². The lowest BCUT2D eigenvalue weighted by Crippen LogP contribution is -1.97. The minimum Gasteiger partial charge on any atom is -0.309 e. The minimum absolute atomic E-state index is 1.12. The van der Waals surface area contributed by atoms with E-state index in [2.05, 4.69) is 252 Å². The predicted molar refractivity (Wildman–Crippen MR) is 262 cm³/mol. The Labute approximate surface area is 360 Å². The van der Waals surface area contributed by atoms with Crippen LogP contribution in [0, 0.1) is 0 Å². The Balaban J connectivity index is 1.12. The summed E-state index contributed by atoms with van der Waals surface area (Å²) in [6.45, 7) is 0. The fourth-order valence-corrected chi connectivity index (χ4v) is 9.76. The molecule has 2 aromatic heterocycles. The van der Waals surface area contributed by atoms with Gasteiger partial charge < -0.3 is 9.13 Å². The number of aromatic nitrogens is 2. The molecule has 0 fully saturated rings. The van der Waals surface area contributed by atoms with Crippen LogP contribution in [0.3, 0.4) is 0 Å². The van der Waals surface area contributed by atoms with Crippen molar-refractivity contribution in [1.82, 2.24) is 9.13 Å². The van der Waals surface area contributed by atoms with E-state index >= 15 is 0 Å². The number of nitrogens with zero attached hydrogens (tertiary/aromatic N) is 2. The maximum absolute atomic E-state index is 2.46. The summed E-state index contributed by atoms with van der Waals surface area (Å²) in [6.07, 6.45) is 0. The van der Waals surface area contributed by atoms with E-state index in [1.165, 1.54) is 88.1 Å². The summed E-state index contributed by atoms with van der Waals surface area (Å²) >= 11 is 0. The molecule has 0 aliphatic heterocycles. The first-order valence-electron chi connectivity index (χ1n) is 21.3. The fraction of sp³-hybridized carbons (Fsp3) is 0. The zero-order valence-corrected chi connectivity index (χ0v) is 34.0. The van der Waals surface area contributed by atoms with Gasteiger partial charge in [-0.05, 0) is 116 Å². The molecule has 0 aliphatic carbocycles. The Morgan fingerprint density at radius 1 is 0.210 bits per heavy atom. The molecular formula is C60H40N2. The van der Waals surface area contributed by atoms with Gasteiger partial charge in [0.1, 0.15) is 0 Å². The van der Waals surface area contributed by atoms with E-state index in [9.17, 15) is 0 Å². The lowest BCUT2D eigenvalue weighted by Gasteiger charge is -2.21. The molecule has 2 heteroatoms. The number of benzene rings is 10. The monoisotopic (exact) mass is 788 g/mol. The van der Waals surface area contributed by atoms with E-state index in [1.807, 2.05) is 0 Å². The van der Waals surface area contributed by atoms with Crippen molar-refractivity contribution in [3.8, 4) is 67.0 Å². The van der Waals surface area contributed by atoms with Gasteiger partial charge in [0.25, 0.3) is 0 Å². The first-order chi connectivity index (χ1) is 30.8. The van der Waals surface area contributed by atoms with Crippen molar-refractivity contribution in [2.24, 2.45) is 0 Å². The molecule has 0 atom stereocenters. The molecule has 12 rings (SSSR count). The van der Waals surface area contributed by atoms with Gasteiger partial charge in [0, 0.05) is 32.9 Å². The van der Waals surface area contributed by atoms with E-state index in [4.69, 9.17) is 0 Å². The van der Waals surface area contributed by atoms with Crippen LogP contribution in [0.4, 0.5) is 0 Å². The van der Waals surface area contributed by atoms with E-state index in [1.54, 1.807) is 0 Å². The molecule has 0 amide bonds. The standard InChI is InChI=1S/C60H40N2/c1-5-20-41(21-6-1)48-30-13-14-31-49(48)55-38-45(37-52(42-22-7-2-8-23-42)60(55)43-24-9-3-10-25-43)44-26-19-29-47(36-44)62-57-35-18-16-33-51(57)54-39-53-50-32-15-17-34-56(50)61(58(53)40-59(54)62)46-27-11-4-12-28-46/h1-40H. The van der Waals surface area contributed by atoms with Gasteiger partial charge in [-0.15, -0.1) is 0 Å². The maximum Gasteiger partial charge on any atom is 0.0562 e. The predicted octanol–water partition coefficient (Wildman–Crippen LogP) is 16.2. The summed E-state index contributed by atoms with van der Waals surface area (Å²) in [4.78, 5) is 0. The van der Waals surface area contributed by atoms with E-state index in [-0.39, 0.29) is 0 Å². The highest BCUT2D eigenvalue weighted by atomic mass is 15.0. The average Bonchev–Trinajstić information content (AvgIpc) is 3.86. The topological polar surface area (TPSA) is 9.86 Å². The lowest BCUT2D eigenvalue weighted by molar-refractivity contribution is 1.16. The molecule has 0 spiro atoms. The Kier molecular flexibility index (Phi) is 8.53. The SMILES string of the molecule is c1ccc(-c2ccccc2-c2cc(-c3cccc(-n4c5ccccc5c5cc6c7ccccc7n(-c7ccccc7)c6cc54)c3)cc(-c3ccccc3)c2-c2ccccc2)cc1.